The number of rotatable bonds is 15. The van der Waals surface area contributed by atoms with Crippen LogP contribution in [0.15, 0.2) is 12.2 Å². The molecule has 0 aromatic carbocycles. The minimum Gasteiger partial charge on any atom is -0.379 e. The Hall–Kier alpha value is -1.61. The van der Waals surface area contributed by atoms with E-state index in [1.807, 2.05) is 0 Å². The third-order valence-electron chi connectivity index (χ3n) is 3.29. The van der Waals surface area contributed by atoms with E-state index in [1.54, 1.807) is 0 Å². The van der Waals surface area contributed by atoms with E-state index in [9.17, 15) is 14.4 Å². The van der Waals surface area contributed by atoms with E-state index in [-0.39, 0.29) is 30.7 Å². The summed E-state index contributed by atoms with van der Waals surface area (Å²) in [4.78, 5) is 35.0. The van der Waals surface area contributed by atoms with E-state index in [0.717, 1.165) is 11.3 Å². The summed E-state index contributed by atoms with van der Waals surface area (Å²) >= 11 is 0. The van der Waals surface area contributed by atoms with E-state index < -0.39 is 0 Å². The van der Waals surface area contributed by atoms with Gasteiger partial charge in [0.15, 0.2) is 0 Å². The molecule has 0 atom stereocenters. The molecule has 1 aliphatic rings. The second-order valence-electron chi connectivity index (χ2n) is 5.18. The van der Waals surface area contributed by atoms with Crippen LogP contribution in [0, 0.1) is 0 Å². The third kappa shape index (κ3) is 8.88. The molecule has 0 aromatic rings. The van der Waals surface area contributed by atoms with Crippen LogP contribution in [0.1, 0.15) is 19.3 Å². The number of Topliss-reactive ketones (excluding diaryl/α,β-unsaturated/α-hetero) is 1. The predicted octanol–water partition coefficient (Wildman–Crippen LogP) is -0.341. The highest BCUT2D eigenvalue weighted by Crippen LogP contribution is 2.02. The lowest BCUT2D eigenvalue weighted by Gasteiger charge is -2.13. The smallest absolute Gasteiger partial charge is 0.253 e. The highest BCUT2D eigenvalue weighted by Gasteiger charge is 2.22. The average Bonchev–Trinajstić information content (AvgIpc) is 2.89. The second kappa shape index (κ2) is 12.8. The summed E-state index contributed by atoms with van der Waals surface area (Å²) in [5.41, 5.74) is 5.33. The molecule has 0 fully saturated rings. The molecule has 1 aliphatic heterocycles. The van der Waals surface area contributed by atoms with Gasteiger partial charge in [-0.1, -0.05) is 0 Å². The molecule has 8 heteroatoms. The number of carbonyl (C=O) groups excluding carboxylic acids is 3. The molecule has 1 rings (SSSR count). The number of imide groups is 1. The minimum absolute atomic E-state index is 0.167. The maximum absolute atomic E-state index is 11.3. The topological polar surface area (TPSA) is 108 Å². The monoisotopic (exact) mass is 342 g/mol. The number of nitrogens with two attached hydrogens (primary N) is 1. The number of amides is 2. The Morgan fingerprint density at radius 2 is 1.42 bits per heavy atom. The standard InChI is InChI=1S/C16H26N2O6/c17-6-1-2-14(19)5-8-22-10-12-24-13-11-23-9-7-18-15(20)3-4-16(18)21/h3-4H,1-2,5-13,17H2. The van der Waals surface area contributed by atoms with Gasteiger partial charge >= 0.3 is 0 Å². The van der Waals surface area contributed by atoms with Crippen LogP contribution in [0.2, 0.25) is 0 Å². The lowest BCUT2D eigenvalue weighted by molar-refractivity contribution is -0.137. The first-order chi connectivity index (χ1) is 11.6. The maximum Gasteiger partial charge on any atom is 0.253 e. The largest absolute Gasteiger partial charge is 0.379 e. The quantitative estimate of drug-likeness (QED) is 0.320. The summed E-state index contributed by atoms with van der Waals surface area (Å²) in [5, 5.41) is 0. The van der Waals surface area contributed by atoms with Crippen LogP contribution < -0.4 is 5.73 Å². The number of hydrogen-bond acceptors (Lipinski definition) is 7. The first-order valence-electron chi connectivity index (χ1n) is 8.13. The van der Waals surface area contributed by atoms with Gasteiger partial charge in [0, 0.05) is 25.0 Å². The van der Waals surface area contributed by atoms with Crippen molar-refractivity contribution in [1.82, 2.24) is 4.90 Å². The molecule has 24 heavy (non-hydrogen) atoms. The van der Waals surface area contributed by atoms with Crippen molar-refractivity contribution in [3.05, 3.63) is 12.2 Å². The Morgan fingerprint density at radius 3 is 2.00 bits per heavy atom. The Morgan fingerprint density at radius 1 is 0.875 bits per heavy atom. The van der Waals surface area contributed by atoms with E-state index in [0.29, 0.717) is 52.4 Å². The van der Waals surface area contributed by atoms with Crippen LogP contribution in [-0.2, 0) is 28.6 Å². The zero-order valence-corrected chi connectivity index (χ0v) is 13.9. The number of nitrogens with zero attached hydrogens (tertiary/aromatic N) is 1. The van der Waals surface area contributed by atoms with Gasteiger partial charge in [0.1, 0.15) is 5.78 Å². The highest BCUT2D eigenvalue weighted by atomic mass is 16.5. The fourth-order valence-electron chi connectivity index (χ4n) is 1.96. The second-order valence-corrected chi connectivity index (χ2v) is 5.18. The molecule has 0 spiro atoms. The molecule has 8 nitrogen and oxygen atoms in total. The van der Waals surface area contributed by atoms with Crippen molar-refractivity contribution in [2.24, 2.45) is 5.73 Å². The first-order valence-corrected chi connectivity index (χ1v) is 8.13. The van der Waals surface area contributed by atoms with E-state index in [4.69, 9.17) is 19.9 Å². The van der Waals surface area contributed by atoms with Gasteiger partial charge in [0.25, 0.3) is 11.8 Å². The maximum atomic E-state index is 11.3. The molecule has 136 valence electrons. The Kier molecular flexibility index (Phi) is 10.9. The number of ether oxygens (including phenoxy) is 3. The van der Waals surface area contributed by atoms with Gasteiger partial charge < -0.3 is 19.9 Å². The number of carbonyl (C=O) groups is 3. The minimum atomic E-state index is -0.307. The Balaban J connectivity index is 1.82. The van der Waals surface area contributed by atoms with Gasteiger partial charge in [-0.05, 0) is 13.0 Å². The van der Waals surface area contributed by atoms with Crippen molar-refractivity contribution in [2.45, 2.75) is 19.3 Å². The van der Waals surface area contributed by atoms with Gasteiger partial charge in [-0.2, -0.15) is 0 Å². The van der Waals surface area contributed by atoms with Gasteiger partial charge in [0.2, 0.25) is 0 Å². The Labute approximate surface area is 141 Å². The lowest BCUT2D eigenvalue weighted by atomic mass is 10.2. The average molecular weight is 342 g/mol. The molecule has 0 radical (unpaired) electrons. The predicted molar refractivity (Wildman–Crippen MR) is 86.2 cm³/mol. The highest BCUT2D eigenvalue weighted by molar-refractivity contribution is 6.12. The van der Waals surface area contributed by atoms with Crippen LogP contribution in [0.25, 0.3) is 0 Å². The number of hydrogen-bond donors (Lipinski definition) is 1. The molecular formula is C16H26N2O6. The molecular weight excluding hydrogens is 316 g/mol. The van der Waals surface area contributed by atoms with Crippen LogP contribution in [0.3, 0.4) is 0 Å². The normalized spacial score (nSPS) is 14.0. The molecule has 1 heterocycles. The number of ketones is 1. The van der Waals surface area contributed by atoms with Gasteiger partial charge in [0.05, 0.1) is 46.2 Å². The summed E-state index contributed by atoms with van der Waals surface area (Å²) in [5.74, 6) is -0.447. The van der Waals surface area contributed by atoms with Crippen molar-refractivity contribution in [3.8, 4) is 0 Å². The zero-order chi connectivity index (χ0) is 17.6. The van der Waals surface area contributed by atoms with Crippen molar-refractivity contribution in [2.75, 3.05) is 52.7 Å². The molecule has 2 amide bonds. The van der Waals surface area contributed by atoms with Gasteiger partial charge in [-0.3, -0.25) is 19.3 Å². The molecule has 0 saturated carbocycles. The van der Waals surface area contributed by atoms with E-state index >= 15 is 0 Å². The van der Waals surface area contributed by atoms with Gasteiger partial charge in [-0.25, -0.2) is 0 Å². The SMILES string of the molecule is NCCCC(=O)CCOCCOCCOCCN1C(=O)C=CC1=O. The van der Waals surface area contributed by atoms with E-state index in [2.05, 4.69) is 0 Å². The fourth-order valence-corrected chi connectivity index (χ4v) is 1.96. The summed E-state index contributed by atoms with van der Waals surface area (Å²) in [6.07, 6.45) is 4.14. The van der Waals surface area contributed by atoms with Crippen molar-refractivity contribution < 1.29 is 28.6 Å². The van der Waals surface area contributed by atoms with Crippen molar-refractivity contribution >= 4 is 17.6 Å². The van der Waals surface area contributed by atoms with Crippen LogP contribution in [-0.4, -0.2) is 75.2 Å². The third-order valence-corrected chi connectivity index (χ3v) is 3.29. The summed E-state index contributed by atoms with van der Waals surface area (Å²) in [6.45, 7) is 3.08. The van der Waals surface area contributed by atoms with Crippen molar-refractivity contribution in [1.29, 1.82) is 0 Å². The molecule has 0 aromatic heterocycles. The molecule has 0 aliphatic carbocycles. The molecule has 0 bridgehead atoms. The summed E-state index contributed by atoms with van der Waals surface area (Å²) < 4.78 is 15.9. The molecule has 0 unspecified atom stereocenters. The van der Waals surface area contributed by atoms with Crippen LogP contribution in [0.4, 0.5) is 0 Å². The lowest BCUT2D eigenvalue weighted by Crippen LogP contribution is -2.33. The summed E-state index contributed by atoms with van der Waals surface area (Å²) in [7, 11) is 0. The zero-order valence-electron chi connectivity index (χ0n) is 13.9. The first kappa shape index (κ1) is 20.4. The molecule has 2 N–H and O–H groups in total. The molecule has 0 saturated heterocycles. The van der Waals surface area contributed by atoms with E-state index in [1.165, 1.54) is 12.2 Å². The summed E-state index contributed by atoms with van der Waals surface area (Å²) in [6, 6.07) is 0. The van der Waals surface area contributed by atoms with Gasteiger partial charge in [-0.15, -0.1) is 0 Å². The van der Waals surface area contributed by atoms with Crippen LogP contribution in [0.5, 0.6) is 0 Å². The Bertz CT molecular complexity index is 420. The fraction of sp³-hybridized carbons (Fsp3) is 0.688. The van der Waals surface area contributed by atoms with Crippen molar-refractivity contribution in [3.63, 3.8) is 0 Å². The van der Waals surface area contributed by atoms with Crippen LogP contribution >= 0.6 is 0 Å².